The van der Waals surface area contributed by atoms with Gasteiger partial charge in [0.2, 0.25) is 0 Å². The standard InChI is InChI=1S/C20H23BrO5/c1-14(20(23)26-13-19(22)25-10-4-3-9-21)15-5-6-17-12-18(24-2)8-7-16(17)11-15/h5-8,11-12,14H,3-4,9-10,13H2,1-2H3. The molecule has 0 spiro atoms. The van der Waals surface area contributed by atoms with Gasteiger partial charge in [0.25, 0.3) is 0 Å². The van der Waals surface area contributed by atoms with Gasteiger partial charge in [0.1, 0.15) is 5.75 Å². The molecule has 0 aliphatic rings. The SMILES string of the molecule is COc1ccc2cc(C(C)C(=O)OCC(=O)OCCCCBr)ccc2c1. The second kappa shape index (κ2) is 10.2. The van der Waals surface area contributed by atoms with Crippen LogP contribution in [-0.4, -0.2) is 37.6 Å². The molecule has 5 nitrogen and oxygen atoms in total. The number of hydrogen-bond donors (Lipinski definition) is 0. The van der Waals surface area contributed by atoms with E-state index in [4.69, 9.17) is 14.2 Å². The number of alkyl halides is 1. The van der Waals surface area contributed by atoms with Crippen LogP contribution in [0, 0.1) is 0 Å². The number of halogens is 1. The Bertz CT molecular complexity index is 759. The third kappa shape index (κ3) is 5.73. The second-order valence-corrected chi connectivity index (χ2v) is 6.71. The highest BCUT2D eigenvalue weighted by atomic mass is 79.9. The predicted octanol–water partition coefficient (Wildman–Crippen LogP) is 4.21. The average Bonchev–Trinajstić information content (AvgIpc) is 2.67. The molecule has 1 atom stereocenters. The van der Waals surface area contributed by atoms with Gasteiger partial charge in [-0.15, -0.1) is 0 Å². The van der Waals surface area contributed by atoms with Crippen molar-refractivity contribution in [3.8, 4) is 5.75 Å². The van der Waals surface area contributed by atoms with E-state index in [9.17, 15) is 9.59 Å². The first-order chi connectivity index (χ1) is 12.5. The molecular weight excluding hydrogens is 400 g/mol. The number of rotatable bonds is 9. The molecule has 0 N–H and O–H groups in total. The number of carbonyl (C=O) groups is 2. The Morgan fingerprint density at radius 3 is 2.50 bits per heavy atom. The first-order valence-corrected chi connectivity index (χ1v) is 9.63. The molecule has 0 fully saturated rings. The van der Waals surface area contributed by atoms with Gasteiger partial charge >= 0.3 is 11.9 Å². The van der Waals surface area contributed by atoms with Gasteiger partial charge in [-0.3, -0.25) is 4.79 Å². The summed E-state index contributed by atoms with van der Waals surface area (Å²) < 4.78 is 15.3. The van der Waals surface area contributed by atoms with Crippen LogP contribution in [0.15, 0.2) is 36.4 Å². The van der Waals surface area contributed by atoms with Crippen LogP contribution in [0.3, 0.4) is 0 Å². The Morgan fingerprint density at radius 2 is 1.77 bits per heavy atom. The molecule has 0 aliphatic heterocycles. The number of ether oxygens (including phenoxy) is 3. The molecule has 2 aromatic carbocycles. The van der Waals surface area contributed by atoms with E-state index in [1.54, 1.807) is 14.0 Å². The summed E-state index contributed by atoms with van der Waals surface area (Å²) >= 11 is 3.31. The van der Waals surface area contributed by atoms with Crippen LogP contribution in [-0.2, 0) is 19.1 Å². The summed E-state index contributed by atoms with van der Waals surface area (Å²) in [6.45, 7) is 1.74. The third-order valence-corrected chi connectivity index (χ3v) is 4.61. The molecule has 0 amide bonds. The van der Waals surface area contributed by atoms with E-state index in [-0.39, 0.29) is 6.61 Å². The van der Waals surface area contributed by atoms with Crippen molar-refractivity contribution in [3.63, 3.8) is 0 Å². The molecule has 0 radical (unpaired) electrons. The van der Waals surface area contributed by atoms with Crippen molar-refractivity contribution in [2.75, 3.05) is 25.7 Å². The summed E-state index contributed by atoms with van der Waals surface area (Å²) in [5.41, 5.74) is 0.832. The zero-order valence-electron chi connectivity index (χ0n) is 15.0. The highest BCUT2D eigenvalue weighted by Crippen LogP contribution is 2.25. The van der Waals surface area contributed by atoms with Crippen molar-refractivity contribution in [3.05, 3.63) is 42.0 Å². The highest BCUT2D eigenvalue weighted by Gasteiger charge is 2.19. The normalized spacial score (nSPS) is 11.8. The fourth-order valence-electron chi connectivity index (χ4n) is 2.45. The van der Waals surface area contributed by atoms with Crippen LogP contribution < -0.4 is 4.74 Å². The lowest BCUT2D eigenvalue weighted by atomic mass is 9.98. The maximum Gasteiger partial charge on any atom is 0.344 e. The summed E-state index contributed by atoms with van der Waals surface area (Å²) in [5.74, 6) is -0.656. The van der Waals surface area contributed by atoms with Crippen molar-refractivity contribution in [1.29, 1.82) is 0 Å². The minimum Gasteiger partial charge on any atom is -0.497 e. The van der Waals surface area contributed by atoms with Crippen molar-refractivity contribution in [2.45, 2.75) is 25.7 Å². The molecule has 0 bridgehead atoms. The van der Waals surface area contributed by atoms with Crippen LogP contribution in [0.5, 0.6) is 5.75 Å². The van der Waals surface area contributed by atoms with Crippen LogP contribution >= 0.6 is 15.9 Å². The minimum absolute atomic E-state index is 0.339. The van der Waals surface area contributed by atoms with Crippen molar-refractivity contribution >= 4 is 38.6 Å². The van der Waals surface area contributed by atoms with Crippen molar-refractivity contribution in [2.24, 2.45) is 0 Å². The fourth-order valence-corrected chi connectivity index (χ4v) is 2.85. The first kappa shape index (κ1) is 20.2. The second-order valence-electron chi connectivity index (χ2n) is 5.92. The Morgan fingerprint density at radius 1 is 1.04 bits per heavy atom. The summed E-state index contributed by atoms with van der Waals surface area (Å²) in [6.07, 6.45) is 1.71. The predicted molar refractivity (Wildman–Crippen MR) is 104 cm³/mol. The van der Waals surface area contributed by atoms with E-state index in [2.05, 4.69) is 15.9 Å². The van der Waals surface area contributed by atoms with Gasteiger partial charge in [-0.2, -0.15) is 0 Å². The number of esters is 2. The van der Waals surface area contributed by atoms with Gasteiger partial charge in [-0.05, 0) is 48.2 Å². The summed E-state index contributed by atoms with van der Waals surface area (Å²) in [4.78, 5) is 23.8. The number of benzene rings is 2. The lowest BCUT2D eigenvalue weighted by Gasteiger charge is -2.13. The van der Waals surface area contributed by atoms with E-state index >= 15 is 0 Å². The summed E-state index contributed by atoms with van der Waals surface area (Å²) in [5, 5.41) is 2.91. The molecule has 1 unspecified atom stereocenters. The Balaban J connectivity index is 1.91. The zero-order chi connectivity index (χ0) is 18.9. The smallest absolute Gasteiger partial charge is 0.344 e. The molecule has 2 aromatic rings. The monoisotopic (exact) mass is 422 g/mol. The molecule has 0 heterocycles. The summed E-state index contributed by atoms with van der Waals surface area (Å²) in [6, 6.07) is 11.5. The van der Waals surface area contributed by atoms with E-state index in [1.165, 1.54) is 0 Å². The fraction of sp³-hybridized carbons (Fsp3) is 0.400. The number of unbranched alkanes of at least 4 members (excludes halogenated alkanes) is 1. The number of hydrogen-bond acceptors (Lipinski definition) is 5. The quantitative estimate of drug-likeness (QED) is 0.344. The molecule has 6 heteroatoms. The van der Waals surface area contributed by atoms with E-state index < -0.39 is 17.9 Å². The van der Waals surface area contributed by atoms with Gasteiger partial charge in [0, 0.05) is 5.33 Å². The number of carbonyl (C=O) groups excluding carboxylic acids is 2. The van der Waals surface area contributed by atoms with Crippen LogP contribution in [0.2, 0.25) is 0 Å². The maximum atomic E-state index is 12.2. The minimum atomic E-state index is -0.522. The highest BCUT2D eigenvalue weighted by molar-refractivity contribution is 9.09. The lowest BCUT2D eigenvalue weighted by Crippen LogP contribution is -2.20. The maximum absolute atomic E-state index is 12.2. The van der Waals surface area contributed by atoms with E-state index in [0.29, 0.717) is 6.61 Å². The van der Waals surface area contributed by atoms with E-state index in [1.807, 2.05) is 36.4 Å². The van der Waals surface area contributed by atoms with Gasteiger partial charge in [0.15, 0.2) is 6.61 Å². The van der Waals surface area contributed by atoms with Gasteiger partial charge < -0.3 is 14.2 Å². The van der Waals surface area contributed by atoms with Gasteiger partial charge in [-0.1, -0.05) is 40.2 Å². The average molecular weight is 423 g/mol. The molecule has 140 valence electrons. The Hall–Kier alpha value is -2.08. The van der Waals surface area contributed by atoms with Crippen LogP contribution in [0.4, 0.5) is 0 Å². The molecular formula is C20H23BrO5. The van der Waals surface area contributed by atoms with Crippen molar-refractivity contribution < 1.29 is 23.8 Å². The molecule has 0 aliphatic carbocycles. The molecule has 2 rings (SSSR count). The van der Waals surface area contributed by atoms with Crippen LogP contribution in [0.1, 0.15) is 31.2 Å². The Kier molecular flexibility index (Phi) is 7.91. The molecule has 0 saturated carbocycles. The van der Waals surface area contributed by atoms with Crippen LogP contribution in [0.25, 0.3) is 10.8 Å². The largest absolute Gasteiger partial charge is 0.497 e. The zero-order valence-corrected chi connectivity index (χ0v) is 16.6. The topological polar surface area (TPSA) is 61.8 Å². The van der Waals surface area contributed by atoms with Gasteiger partial charge in [-0.25, -0.2) is 4.79 Å². The molecule has 0 saturated heterocycles. The third-order valence-electron chi connectivity index (χ3n) is 4.05. The lowest BCUT2D eigenvalue weighted by molar-refractivity contribution is -0.159. The molecule has 26 heavy (non-hydrogen) atoms. The first-order valence-electron chi connectivity index (χ1n) is 8.51. The summed E-state index contributed by atoms with van der Waals surface area (Å²) in [7, 11) is 1.63. The molecule has 0 aromatic heterocycles. The van der Waals surface area contributed by atoms with Crippen molar-refractivity contribution in [1.82, 2.24) is 0 Å². The van der Waals surface area contributed by atoms with E-state index in [0.717, 1.165) is 40.3 Å². The Labute approximate surface area is 161 Å². The van der Waals surface area contributed by atoms with Gasteiger partial charge in [0.05, 0.1) is 19.6 Å². The number of fused-ring (bicyclic) bond motifs is 1. The number of methoxy groups -OCH3 is 1.